The van der Waals surface area contributed by atoms with Crippen molar-refractivity contribution in [1.82, 2.24) is 0 Å². The summed E-state index contributed by atoms with van der Waals surface area (Å²) < 4.78 is 12.3. The Hall–Kier alpha value is -3.09. The van der Waals surface area contributed by atoms with Crippen LogP contribution in [0.2, 0.25) is 0 Å². The van der Waals surface area contributed by atoms with Gasteiger partial charge in [-0.05, 0) is 6.07 Å². The summed E-state index contributed by atoms with van der Waals surface area (Å²) in [5.41, 5.74) is 8.47. The summed E-state index contributed by atoms with van der Waals surface area (Å²) in [6.07, 6.45) is 0. The second-order valence-electron chi connectivity index (χ2n) is 5.08. The van der Waals surface area contributed by atoms with Crippen molar-refractivity contribution in [3.8, 4) is 11.5 Å². The normalized spacial score (nSPS) is 15.1. The fourth-order valence-electron chi connectivity index (χ4n) is 2.81. The molecule has 4 rings (SSSR count). The maximum atomic E-state index is 11.4. The zero-order valence-corrected chi connectivity index (χ0v) is 11.5. The average molecular weight is 298 g/mol. The van der Waals surface area contributed by atoms with E-state index in [4.69, 9.17) is 15.2 Å². The number of amidine groups is 1. The number of benzene rings is 2. The molecule has 0 unspecified atom stereocenters. The molecule has 0 spiro atoms. The van der Waals surface area contributed by atoms with Gasteiger partial charge in [-0.25, -0.2) is 4.58 Å². The maximum Gasteiger partial charge on any atom is 0.319 e. The zero-order valence-electron chi connectivity index (χ0n) is 11.5. The van der Waals surface area contributed by atoms with E-state index in [1.54, 1.807) is 10.6 Å². The topological polar surface area (TPSA) is 90.6 Å². The third kappa shape index (κ3) is 1.72. The minimum absolute atomic E-state index is 0.0555. The predicted molar refractivity (Wildman–Crippen MR) is 77.6 cm³/mol. The molecule has 2 aromatic rings. The molecule has 0 radical (unpaired) electrons. The van der Waals surface area contributed by atoms with Crippen molar-refractivity contribution in [3.63, 3.8) is 0 Å². The molecule has 2 aliphatic rings. The molecule has 0 aliphatic carbocycles. The number of fused-ring (bicyclic) bond motifs is 2. The second-order valence-corrected chi connectivity index (χ2v) is 5.08. The SMILES string of the molecule is NC1=[N+](c2cc3c(cc2[N+](=O)[O-])OCO3)Cc2ccccc21. The molecule has 0 amide bonds. The highest BCUT2D eigenvalue weighted by atomic mass is 16.7. The van der Waals surface area contributed by atoms with Crippen LogP contribution in [-0.2, 0) is 6.54 Å². The highest BCUT2D eigenvalue weighted by Gasteiger charge is 2.33. The lowest BCUT2D eigenvalue weighted by Crippen LogP contribution is -2.20. The minimum atomic E-state index is -0.437. The standard InChI is InChI=1S/C15H11N3O4/c16-15-10-4-2-1-3-9(10)7-17(15)11-5-13-14(22-8-21-13)6-12(11)18(19)20/h1-6,16H,7-8H2/p+1. The van der Waals surface area contributed by atoms with Crippen LogP contribution in [-0.4, -0.2) is 22.1 Å². The van der Waals surface area contributed by atoms with Crippen molar-refractivity contribution < 1.29 is 19.0 Å². The summed E-state index contributed by atoms with van der Waals surface area (Å²) in [5.74, 6) is 1.37. The third-order valence-electron chi connectivity index (χ3n) is 3.87. The van der Waals surface area contributed by atoms with Gasteiger partial charge >= 0.3 is 5.69 Å². The van der Waals surface area contributed by atoms with E-state index in [0.717, 1.165) is 11.1 Å². The first-order chi connectivity index (χ1) is 10.6. The molecule has 0 bridgehead atoms. The molecule has 0 saturated carbocycles. The van der Waals surface area contributed by atoms with Crippen LogP contribution in [0.3, 0.4) is 0 Å². The summed E-state index contributed by atoms with van der Waals surface area (Å²) in [6.45, 7) is 0.553. The van der Waals surface area contributed by atoms with E-state index in [1.165, 1.54) is 6.07 Å². The van der Waals surface area contributed by atoms with Crippen molar-refractivity contribution in [3.05, 3.63) is 57.6 Å². The van der Waals surface area contributed by atoms with Gasteiger partial charge in [0, 0.05) is 11.6 Å². The molecule has 0 fully saturated rings. The van der Waals surface area contributed by atoms with Crippen molar-refractivity contribution in [1.29, 1.82) is 0 Å². The Morgan fingerprint density at radius 1 is 1.18 bits per heavy atom. The predicted octanol–water partition coefficient (Wildman–Crippen LogP) is 1.89. The molecule has 0 saturated heterocycles. The average Bonchev–Trinajstić information content (AvgIpc) is 3.10. The Kier molecular flexibility index (Phi) is 2.56. The number of nitrogens with zero attached hydrogens (tertiary/aromatic N) is 2. The van der Waals surface area contributed by atoms with E-state index in [1.807, 2.05) is 24.3 Å². The van der Waals surface area contributed by atoms with Crippen molar-refractivity contribution in [2.24, 2.45) is 5.73 Å². The van der Waals surface area contributed by atoms with E-state index in [2.05, 4.69) is 0 Å². The molecular weight excluding hydrogens is 286 g/mol. The van der Waals surface area contributed by atoms with Gasteiger partial charge in [-0.3, -0.25) is 15.8 Å². The van der Waals surface area contributed by atoms with Gasteiger partial charge < -0.3 is 9.47 Å². The smallest absolute Gasteiger partial charge is 0.319 e. The first-order valence-corrected chi connectivity index (χ1v) is 6.71. The van der Waals surface area contributed by atoms with Gasteiger partial charge in [-0.2, -0.15) is 0 Å². The number of ether oxygens (including phenoxy) is 2. The Balaban J connectivity index is 1.91. The number of nitro groups is 1. The van der Waals surface area contributed by atoms with Gasteiger partial charge in [0.05, 0.1) is 16.6 Å². The molecule has 2 heterocycles. The summed E-state index contributed by atoms with van der Waals surface area (Å²) in [4.78, 5) is 11.0. The largest absolute Gasteiger partial charge is 0.453 e. The van der Waals surface area contributed by atoms with Gasteiger partial charge in [0.1, 0.15) is 6.54 Å². The fourth-order valence-corrected chi connectivity index (χ4v) is 2.81. The minimum Gasteiger partial charge on any atom is -0.453 e. The quantitative estimate of drug-likeness (QED) is 0.519. The van der Waals surface area contributed by atoms with Crippen LogP contribution < -0.4 is 15.2 Å². The van der Waals surface area contributed by atoms with Crippen LogP contribution in [0.25, 0.3) is 0 Å². The van der Waals surface area contributed by atoms with Crippen molar-refractivity contribution in [2.75, 3.05) is 6.79 Å². The number of rotatable bonds is 2. The molecule has 2 N–H and O–H groups in total. The Morgan fingerprint density at radius 3 is 2.64 bits per heavy atom. The van der Waals surface area contributed by atoms with Crippen molar-refractivity contribution >= 4 is 17.2 Å². The van der Waals surface area contributed by atoms with Gasteiger partial charge in [0.15, 0.2) is 11.5 Å². The summed E-state index contributed by atoms with van der Waals surface area (Å²) in [7, 11) is 0. The molecule has 0 aromatic heterocycles. The van der Waals surface area contributed by atoms with E-state index in [9.17, 15) is 10.1 Å². The lowest BCUT2D eigenvalue weighted by Gasteiger charge is -2.05. The highest BCUT2D eigenvalue weighted by Crippen LogP contribution is 2.42. The maximum absolute atomic E-state index is 11.4. The molecule has 0 atom stereocenters. The number of nitro benzene ring substituents is 1. The van der Waals surface area contributed by atoms with Crippen LogP contribution >= 0.6 is 0 Å². The monoisotopic (exact) mass is 298 g/mol. The number of hydrogen-bond donors (Lipinski definition) is 1. The number of hydrogen-bond acceptors (Lipinski definition) is 5. The molecule has 7 heteroatoms. The van der Waals surface area contributed by atoms with Crippen LogP contribution in [0.4, 0.5) is 11.4 Å². The molecule has 2 aromatic carbocycles. The number of nitrogens with two attached hydrogens (primary N) is 1. The lowest BCUT2D eigenvalue weighted by atomic mass is 10.1. The molecule has 2 aliphatic heterocycles. The van der Waals surface area contributed by atoms with Crippen LogP contribution in [0, 0.1) is 10.1 Å². The van der Waals surface area contributed by atoms with Crippen LogP contribution in [0.5, 0.6) is 11.5 Å². The van der Waals surface area contributed by atoms with E-state index < -0.39 is 4.92 Å². The Labute approximate surface area is 125 Å². The van der Waals surface area contributed by atoms with E-state index in [-0.39, 0.29) is 12.5 Å². The van der Waals surface area contributed by atoms with Gasteiger partial charge in [0.25, 0.3) is 5.84 Å². The van der Waals surface area contributed by atoms with Crippen LogP contribution in [0.1, 0.15) is 11.1 Å². The summed E-state index contributed by atoms with van der Waals surface area (Å²) in [5, 5.41) is 11.4. The third-order valence-corrected chi connectivity index (χ3v) is 3.87. The second kappa shape index (κ2) is 4.45. The molecular formula is C15H12N3O4+. The highest BCUT2D eigenvalue weighted by molar-refractivity contribution is 5.97. The van der Waals surface area contributed by atoms with E-state index >= 15 is 0 Å². The molecule has 7 nitrogen and oxygen atoms in total. The van der Waals surface area contributed by atoms with E-state index in [0.29, 0.717) is 29.6 Å². The van der Waals surface area contributed by atoms with Gasteiger partial charge in [-0.15, -0.1) is 0 Å². The molecule has 110 valence electrons. The first-order valence-electron chi connectivity index (χ1n) is 6.71. The lowest BCUT2D eigenvalue weighted by molar-refractivity contribution is -0.468. The molecule has 22 heavy (non-hydrogen) atoms. The summed E-state index contributed by atoms with van der Waals surface area (Å²) in [6, 6.07) is 10.7. The summed E-state index contributed by atoms with van der Waals surface area (Å²) >= 11 is 0. The first kappa shape index (κ1) is 12.6. The Morgan fingerprint density at radius 2 is 1.91 bits per heavy atom. The fraction of sp³-hybridized carbons (Fsp3) is 0.133. The van der Waals surface area contributed by atoms with Gasteiger partial charge in [-0.1, -0.05) is 18.2 Å². The van der Waals surface area contributed by atoms with Crippen molar-refractivity contribution in [2.45, 2.75) is 6.54 Å². The van der Waals surface area contributed by atoms with Gasteiger partial charge in [0.2, 0.25) is 12.5 Å². The Bertz CT molecular complexity index is 845. The zero-order chi connectivity index (χ0) is 15.3. The van der Waals surface area contributed by atoms with Crippen LogP contribution in [0.15, 0.2) is 36.4 Å².